The lowest BCUT2D eigenvalue weighted by molar-refractivity contribution is -0.173. The summed E-state index contributed by atoms with van der Waals surface area (Å²) in [4.78, 5) is 27.8. The molecule has 2 aromatic rings. The minimum atomic E-state index is -0.964. The van der Waals surface area contributed by atoms with Gasteiger partial charge in [-0.1, -0.05) is 127 Å². The summed E-state index contributed by atoms with van der Waals surface area (Å²) < 4.78 is 11.9. The molecule has 38 heavy (non-hydrogen) atoms. The maximum absolute atomic E-state index is 12.9. The van der Waals surface area contributed by atoms with Crippen molar-refractivity contribution in [3.05, 3.63) is 60.7 Å². The van der Waals surface area contributed by atoms with E-state index >= 15 is 0 Å². The van der Waals surface area contributed by atoms with E-state index in [1.807, 2.05) is 60.7 Å². The minimum absolute atomic E-state index is 0.295. The van der Waals surface area contributed by atoms with Gasteiger partial charge in [-0.25, -0.2) is 0 Å². The third-order valence-corrected chi connectivity index (χ3v) is 8.75. The minimum Gasteiger partial charge on any atom is -0.381 e. The summed E-state index contributed by atoms with van der Waals surface area (Å²) in [5, 5.41) is 0. The molecule has 0 atom stereocenters. The van der Waals surface area contributed by atoms with Gasteiger partial charge in [0.05, 0.1) is 0 Å². The number of carbonyl (C=O) groups is 2. The fourth-order valence-corrected chi connectivity index (χ4v) is 6.42. The van der Waals surface area contributed by atoms with Gasteiger partial charge in [-0.15, -0.1) is 0 Å². The molecule has 0 saturated heterocycles. The average molecular weight is 542 g/mol. The predicted molar refractivity (Wildman–Crippen MR) is 158 cm³/mol. The van der Waals surface area contributed by atoms with Crippen molar-refractivity contribution in [2.24, 2.45) is 0 Å². The van der Waals surface area contributed by atoms with Crippen LogP contribution in [0.15, 0.2) is 70.5 Å². The second-order valence-electron chi connectivity index (χ2n) is 9.97. The first kappa shape index (κ1) is 31.9. The first-order valence-corrected chi connectivity index (χ1v) is 16.2. The summed E-state index contributed by atoms with van der Waals surface area (Å²) in [5.74, 6) is -0.590. The zero-order chi connectivity index (χ0) is 27.3. The first-order valence-electron chi connectivity index (χ1n) is 14.9. The van der Waals surface area contributed by atoms with Crippen molar-refractivity contribution in [3.8, 4) is 0 Å². The Kier molecular flexibility index (Phi) is 17.4. The second-order valence-corrected chi connectivity index (χ2v) is 12.0. The zero-order valence-corrected chi connectivity index (χ0v) is 24.5. The summed E-state index contributed by atoms with van der Waals surface area (Å²) in [6, 6.07) is 19.8. The Labute approximate surface area is 234 Å². The Morgan fingerprint density at radius 2 is 0.895 bits per heavy atom. The van der Waals surface area contributed by atoms with Crippen LogP contribution in [0.5, 0.6) is 0 Å². The topological polar surface area (TPSA) is 52.6 Å². The predicted octanol–water partition coefficient (Wildman–Crippen LogP) is 9.37. The van der Waals surface area contributed by atoms with Crippen LogP contribution >= 0.6 is 0 Å². The van der Waals surface area contributed by atoms with E-state index in [0.717, 1.165) is 48.3 Å². The number of unbranched alkanes of at least 4 members (excludes halogenated alkanes) is 12. The fraction of sp³-hybridized carbons (Fsp3) is 0.576. The van der Waals surface area contributed by atoms with E-state index in [-0.39, 0.29) is 11.9 Å². The van der Waals surface area contributed by atoms with Crippen LogP contribution in [0.1, 0.15) is 117 Å². The number of hydrogen-bond donors (Lipinski definition) is 0. The highest BCUT2D eigenvalue weighted by molar-refractivity contribution is 7.97. The molecule has 0 bridgehead atoms. The van der Waals surface area contributed by atoms with E-state index in [1.54, 1.807) is 0 Å². The lowest BCUT2D eigenvalue weighted by Crippen LogP contribution is -2.33. The van der Waals surface area contributed by atoms with Crippen LogP contribution in [0.4, 0.5) is 0 Å². The van der Waals surface area contributed by atoms with Crippen molar-refractivity contribution < 1.29 is 19.1 Å². The van der Waals surface area contributed by atoms with E-state index in [9.17, 15) is 9.59 Å². The molecule has 0 fully saturated rings. The van der Waals surface area contributed by atoms with Crippen LogP contribution in [-0.4, -0.2) is 17.6 Å². The summed E-state index contributed by atoms with van der Waals surface area (Å²) in [7, 11) is -0.742. The van der Waals surface area contributed by atoms with Gasteiger partial charge < -0.3 is 9.47 Å². The van der Waals surface area contributed by atoms with Gasteiger partial charge in [0.2, 0.25) is 0 Å². The molecule has 0 saturated carbocycles. The molecule has 0 aliphatic carbocycles. The van der Waals surface area contributed by atoms with Gasteiger partial charge in [0.1, 0.15) is 10.9 Å². The molecule has 0 N–H and O–H groups in total. The van der Waals surface area contributed by atoms with E-state index in [2.05, 4.69) is 13.8 Å². The van der Waals surface area contributed by atoms with E-state index in [0.29, 0.717) is 12.8 Å². The Hall–Kier alpha value is -2.27. The Balaban J connectivity index is 2.03. The number of esters is 2. The summed E-state index contributed by atoms with van der Waals surface area (Å²) >= 11 is 0. The molecule has 2 aromatic carbocycles. The Bertz CT molecular complexity index is 800. The molecular formula is C33H49O4S+. The quantitative estimate of drug-likeness (QED) is 0.0683. The smallest absolute Gasteiger partial charge is 0.381 e. The molecule has 2 rings (SSSR count). The molecule has 5 heteroatoms. The highest BCUT2D eigenvalue weighted by Gasteiger charge is 2.42. The SMILES string of the molecule is CCCCCCCCCC(=O)OC(OC(=O)CCCCCCCCC)[S+](c1ccccc1)c1ccccc1. The molecule has 0 aliphatic rings. The third-order valence-electron chi connectivity index (χ3n) is 6.61. The van der Waals surface area contributed by atoms with Crippen LogP contribution in [0.2, 0.25) is 0 Å². The molecule has 0 heterocycles. The van der Waals surface area contributed by atoms with Crippen LogP contribution in [0.3, 0.4) is 0 Å². The molecule has 210 valence electrons. The normalized spacial score (nSPS) is 11.2. The molecule has 0 aliphatic heterocycles. The lowest BCUT2D eigenvalue weighted by Gasteiger charge is -2.19. The van der Waals surface area contributed by atoms with Gasteiger partial charge in [0.15, 0.2) is 9.79 Å². The fourth-order valence-electron chi connectivity index (χ4n) is 4.40. The molecule has 0 amide bonds. The molecule has 0 radical (unpaired) electrons. The van der Waals surface area contributed by atoms with Crippen molar-refractivity contribution in [3.63, 3.8) is 0 Å². The van der Waals surface area contributed by atoms with Crippen LogP contribution in [-0.2, 0) is 30.0 Å². The standard InChI is InChI=1S/C33H49O4S/c1-3-5-7-9-11-13-21-27-31(34)36-33(37-32(35)28-22-14-12-10-8-6-4-2)38(29-23-17-15-18-24-29)30-25-19-16-20-26-30/h15-20,23-26,33H,3-14,21-22,27-28H2,1-2H3/q+1. The Morgan fingerprint density at radius 1 is 0.553 bits per heavy atom. The molecule has 4 nitrogen and oxygen atoms in total. The van der Waals surface area contributed by atoms with Gasteiger partial charge in [-0.3, -0.25) is 9.59 Å². The molecular weight excluding hydrogens is 492 g/mol. The van der Waals surface area contributed by atoms with Crippen LogP contribution < -0.4 is 0 Å². The lowest BCUT2D eigenvalue weighted by atomic mass is 10.1. The largest absolute Gasteiger partial charge is 0.428 e. The van der Waals surface area contributed by atoms with Gasteiger partial charge in [0, 0.05) is 12.8 Å². The van der Waals surface area contributed by atoms with E-state index in [4.69, 9.17) is 9.47 Å². The highest BCUT2D eigenvalue weighted by Crippen LogP contribution is 2.30. The van der Waals surface area contributed by atoms with Crippen molar-refractivity contribution in [1.82, 2.24) is 0 Å². The van der Waals surface area contributed by atoms with Crippen LogP contribution in [0.25, 0.3) is 0 Å². The molecule has 0 aromatic heterocycles. The number of benzene rings is 2. The maximum atomic E-state index is 12.9. The maximum Gasteiger partial charge on any atom is 0.428 e. The van der Waals surface area contributed by atoms with Gasteiger partial charge in [-0.2, -0.15) is 0 Å². The van der Waals surface area contributed by atoms with Gasteiger partial charge in [0.25, 0.3) is 0 Å². The number of ether oxygens (including phenoxy) is 2. The third kappa shape index (κ3) is 13.5. The monoisotopic (exact) mass is 541 g/mol. The second kappa shape index (κ2) is 20.7. The van der Waals surface area contributed by atoms with Gasteiger partial charge in [-0.05, 0) is 37.1 Å². The average Bonchev–Trinajstić information content (AvgIpc) is 2.93. The summed E-state index contributed by atoms with van der Waals surface area (Å²) in [5.41, 5.74) is -0.964. The van der Waals surface area contributed by atoms with Crippen molar-refractivity contribution in [1.29, 1.82) is 0 Å². The zero-order valence-electron chi connectivity index (χ0n) is 23.7. The molecule has 0 spiro atoms. The van der Waals surface area contributed by atoms with Crippen LogP contribution in [0, 0.1) is 0 Å². The summed E-state index contributed by atoms with van der Waals surface area (Å²) in [6.07, 6.45) is 16.6. The van der Waals surface area contributed by atoms with Gasteiger partial charge >= 0.3 is 17.6 Å². The first-order chi connectivity index (χ1) is 18.7. The van der Waals surface area contributed by atoms with E-state index in [1.165, 1.54) is 51.4 Å². The molecule has 0 unspecified atom stereocenters. The number of hydrogen-bond acceptors (Lipinski definition) is 4. The van der Waals surface area contributed by atoms with E-state index < -0.39 is 16.5 Å². The highest BCUT2D eigenvalue weighted by atomic mass is 32.2. The number of carbonyl (C=O) groups excluding carboxylic acids is 2. The van der Waals surface area contributed by atoms with Crippen molar-refractivity contribution >= 4 is 22.8 Å². The summed E-state index contributed by atoms with van der Waals surface area (Å²) in [6.45, 7) is 4.43. The number of rotatable bonds is 21. The van der Waals surface area contributed by atoms with Crippen molar-refractivity contribution in [2.75, 3.05) is 0 Å². The van der Waals surface area contributed by atoms with Crippen molar-refractivity contribution in [2.45, 2.75) is 132 Å². The Morgan fingerprint density at radius 3 is 1.26 bits per heavy atom.